The van der Waals surface area contributed by atoms with E-state index >= 15 is 0 Å². The molecular formula is C45H29N3S3. The van der Waals surface area contributed by atoms with E-state index in [4.69, 9.17) is 4.99 Å². The number of amidine groups is 1. The Balaban J connectivity index is 1.05. The van der Waals surface area contributed by atoms with Gasteiger partial charge in [0.1, 0.15) is 18.2 Å². The summed E-state index contributed by atoms with van der Waals surface area (Å²) in [4.78, 5) is 5.31. The van der Waals surface area contributed by atoms with Crippen molar-refractivity contribution in [3.05, 3.63) is 168 Å². The van der Waals surface area contributed by atoms with Crippen molar-refractivity contribution >= 4 is 100 Å². The van der Waals surface area contributed by atoms with E-state index in [1.165, 1.54) is 77.2 Å². The molecule has 2 N–H and O–H groups in total. The maximum absolute atomic E-state index is 5.31. The van der Waals surface area contributed by atoms with Gasteiger partial charge in [-0.1, -0.05) is 127 Å². The number of nitrogens with one attached hydrogen (secondary N) is 2. The van der Waals surface area contributed by atoms with Gasteiger partial charge in [0.25, 0.3) is 0 Å². The topological polar surface area (TPSA) is 36.4 Å². The van der Waals surface area contributed by atoms with E-state index < -0.39 is 0 Å². The van der Waals surface area contributed by atoms with Crippen LogP contribution in [0.4, 0.5) is 0 Å². The van der Waals surface area contributed by atoms with Crippen LogP contribution in [0.3, 0.4) is 0 Å². The molecule has 2 unspecified atom stereocenters. The number of nitrogens with zero attached hydrogens (tertiary/aromatic N) is 1. The number of aliphatic imine (C=N–C) groups is 1. The average Bonchev–Trinajstić information content (AvgIpc) is 3.89. The monoisotopic (exact) mass is 707 g/mol. The van der Waals surface area contributed by atoms with E-state index in [0.717, 1.165) is 17.0 Å². The number of fused-ring (bicyclic) bond motifs is 9. The Hall–Kier alpha value is -5.37. The fraction of sp³-hybridized carbons (Fsp3) is 0.0444. The van der Waals surface area contributed by atoms with Crippen LogP contribution >= 0.6 is 34.0 Å². The highest BCUT2D eigenvalue weighted by Gasteiger charge is 2.28. The second-order valence-corrected chi connectivity index (χ2v) is 16.3. The lowest BCUT2D eigenvalue weighted by Crippen LogP contribution is -2.45. The molecule has 0 saturated heterocycles. The smallest absolute Gasteiger partial charge is 0.131 e. The maximum atomic E-state index is 5.31. The highest BCUT2D eigenvalue weighted by molar-refractivity contribution is 7.27. The van der Waals surface area contributed by atoms with Crippen LogP contribution in [0.2, 0.25) is 0 Å². The maximum Gasteiger partial charge on any atom is 0.131 e. The van der Waals surface area contributed by atoms with E-state index in [1.807, 2.05) is 34.0 Å². The Morgan fingerprint density at radius 2 is 1.08 bits per heavy atom. The molecule has 0 amide bonds. The first kappa shape index (κ1) is 29.4. The van der Waals surface area contributed by atoms with Gasteiger partial charge in [0.15, 0.2) is 0 Å². The van der Waals surface area contributed by atoms with Crippen LogP contribution in [0.5, 0.6) is 0 Å². The van der Waals surface area contributed by atoms with Gasteiger partial charge in [0.05, 0.1) is 0 Å². The predicted octanol–water partition coefficient (Wildman–Crippen LogP) is 12.8. The molecule has 1 aliphatic rings. The quantitative estimate of drug-likeness (QED) is 0.191. The van der Waals surface area contributed by atoms with Crippen LogP contribution in [0.15, 0.2) is 157 Å². The summed E-state index contributed by atoms with van der Waals surface area (Å²) in [6, 6.07) is 55.1. The lowest BCUT2D eigenvalue weighted by molar-refractivity contribution is 0.411. The molecular weight excluding hydrogens is 679 g/mol. The van der Waals surface area contributed by atoms with E-state index in [9.17, 15) is 0 Å². The minimum Gasteiger partial charge on any atom is -0.350 e. The molecule has 1 aliphatic heterocycles. The Kier molecular flexibility index (Phi) is 6.67. The fourth-order valence-corrected chi connectivity index (χ4v) is 11.5. The number of hydrogen-bond donors (Lipinski definition) is 2. The minimum absolute atomic E-state index is 0.129. The molecule has 0 aliphatic carbocycles. The van der Waals surface area contributed by atoms with Crippen molar-refractivity contribution in [1.29, 1.82) is 0 Å². The van der Waals surface area contributed by atoms with Gasteiger partial charge in [-0.2, -0.15) is 0 Å². The molecule has 2 atom stereocenters. The summed E-state index contributed by atoms with van der Waals surface area (Å²) in [7, 11) is 0. The standard InChI is InChI=1S/C45H29N3S3/c1-2-11-26(12-3-1)43-46-44(48-45(47-43)35-19-10-22-38-40(35)34-14-5-7-21-37(34)49-38)27-23-24-29-31-16-9-18-33(42(31)51-39(29)25-27)32-17-8-15-30-28-13-4-6-20-36(28)50-41(30)32/h1-25,44-45,48H,(H,46,47). The van der Waals surface area contributed by atoms with Crippen LogP contribution in [0.25, 0.3) is 71.6 Å². The Labute approximate surface area is 306 Å². The van der Waals surface area contributed by atoms with Gasteiger partial charge in [-0.05, 0) is 35.4 Å². The van der Waals surface area contributed by atoms with Crippen molar-refractivity contribution < 1.29 is 0 Å². The summed E-state index contributed by atoms with van der Waals surface area (Å²) in [6.45, 7) is 0. The third kappa shape index (κ3) is 4.68. The first-order valence-electron chi connectivity index (χ1n) is 17.2. The molecule has 7 aromatic carbocycles. The molecule has 11 rings (SSSR count). The third-order valence-corrected chi connectivity index (χ3v) is 13.7. The lowest BCUT2D eigenvalue weighted by atomic mass is 10.00. The van der Waals surface area contributed by atoms with Crippen LogP contribution in [0.1, 0.15) is 29.0 Å². The summed E-state index contributed by atoms with van der Waals surface area (Å²) in [5.41, 5.74) is 6.08. The summed E-state index contributed by atoms with van der Waals surface area (Å²) in [5.74, 6) is 0.899. The number of thiophene rings is 3. The average molecular weight is 708 g/mol. The van der Waals surface area contributed by atoms with E-state index in [2.05, 4.69) is 162 Å². The van der Waals surface area contributed by atoms with E-state index in [1.54, 1.807) is 0 Å². The van der Waals surface area contributed by atoms with Gasteiger partial charge in [-0.25, -0.2) is 4.99 Å². The van der Waals surface area contributed by atoms with Gasteiger partial charge >= 0.3 is 0 Å². The minimum atomic E-state index is -0.229. The highest BCUT2D eigenvalue weighted by Crippen LogP contribution is 2.46. The van der Waals surface area contributed by atoms with Crippen LogP contribution in [0, 0.1) is 0 Å². The molecule has 0 saturated carbocycles. The fourth-order valence-electron chi connectivity index (χ4n) is 7.83. The largest absolute Gasteiger partial charge is 0.350 e. The normalized spacial score (nSPS) is 16.4. The zero-order valence-corrected chi connectivity index (χ0v) is 29.7. The molecule has 6 heteroatoms. The van der Waals surface area contributed by atoms with Gasteiger partial charge in [0, 0.05) is 77.2 Å². The van der Waals surface area contributed by atoms with E-state index in [0.29, 0.717) is 0 Å². The molecule has 242 valence electrons. The van der Waals surface area contributed by atoms with Crippen molar-refractivity contribution in [3.8, 4) is 11.1 Å². The Morgan fingerprint density at radius 1 is 0.471 bits per heavy atom. The van der Waals surface area contributed by atoms with E-state index in [-0.39, 0.29) is 12.3 Å². The second kappa shape index (κ2) is 11.6. The summed E-state index contributed by atoms with van der Waals surface area (Å²) in [6.07, 6.45) is -0.357. The van der Waals surface area contributed by atoms with Crippen molar-refractivity contribution in [2.45, 2.75) is 12.3 Å². The molecule has 3 aromatic heterocycles. The molecule has 0 bridgehead atoms. The second-order valence-electron chi connectivity index (χ2n) is 13.1. The van der Waals surface area contributed by atoms with Crippen molar-refractivity contribution in [2.75, 3.05) is 0 Å². The number of rotatable bonds is 4. The van der Waals surface area contributed by atoms with Gasteiger partial charge in [-0.3, -0.25) is 5.32 Å². The third-order valence-electron chi connectivity index (χ3n) is 10.2. The first-order chi connectivity index (χ1) is 25.3. The Bertz CT molecular complexity index is 3000. The molecule has 0 radical (unpaired) electrons. The lowest BCUT2D eigenvalue weighted by Gasteiger charge is -2.32. The van der Waals surface area contributed by atoms with Crippen LogP contribution in [-0.2, 0) is 0 Å². The first-order valence-corrected chi connectivity index (χ1v) is 19.6. The van der Waals surface area contributed by atoms with Crippen molar-refractivity contribution in [1.82, 2.24) is 10.6 Å². The van der Waals surface area contributed by atoms with Crippen LogP contribution < -0.4 is 10.6 Å². The Morgan fingerprint density at radius 3 is 1.86 bits per heavy atom. The molecule has 10 aromatic rings. The highest BCUT2D eigenvalue weighted by atomic mass is 32.1. The number of benzene rings is 7. The van der Waals surface area contributed by atoms with Crippen molar-refractivity contribution in [2.24, 2.45) is 4.99 Å². The van der Waals surface area contributed by atoms with Crippen LogP contribution in [-0.4, -0.2) is 5.84 Å². The van der Waals surface area contributed by atoms with Crippen molar-refractivity contribution in [3.63, 3.8) is 0 Å². The molecule has 3 nitrogen and oxygen atoms in total. The summed E-state index contributed by atoms with van der Waals surface area (Å²) < 4.78 is 7.90. The SMILES string of the molecule is c1ccc(C2=NC(c3ccc4c(c3)sc3c(-c5cccc6c5sc5ccccc56)cccc34)NC(c3cccc4sc5ccccc5c34)N2)cc1. The number of hydrogen-bond acceptors (Lipinski definition) is 6. The molecule has 4 heterocycles. The van der Waals surface area contributed by atoms with Gasteiger partial charge < -0.3 is 5.32 Å². The van der Waals surface area contributed by atoms with Gasteiger partial charge in [0.2, 0.25) is 0 Å². The molecule has 51 heavy (non-hydrogen) atoms. The molecule has 0 fully saturated rings. The predicted molar refractivity (Wildman–Crippen MR) is 222 cm³/mol. The summed E-state index contributed by atoms with van der Waals surface area (Å²) in [5, 5.41) is 15.6. The zero-order chi connectivity index (χ0) is 33.5. The molecule has 0 spiro atoms. The van der Waals surface area contributed by atoms with Gasteiger partial charge in [-0.15, -0.1) is 34.0 Å². The zero-order valence-electron chi connectivity index (χ0n) is 27.3. The summed E-state index contributed by atoms with van der Waals surface area (Å²) >= 11 is 5.64.